The van der Waals surface area contributed by atoms with Crippen LogP contribution < -0.4 is 4.74 Å². The highest BCUT2D eigenvalue weighted by molar-refractivity contribution is 5.89. The lowest BCUT2D eigenvalue weighted by atomic mass is 9.97. The Morgan fingerprint density at radius 2 is 1.92 bits per heavy atom. The molecule has 0 fully saturated rings. The third-order valence-corrected chi connectivity index (χ3v) is 5.48. The van der Waals surface area contributed by atoms with E-state index >= 15 is 0 Å². The van der Waals surface area contributed by atoms with Crippen molar-refractivity contribution in [3.63, 3.8) is 0 Å². The summed E-state index contributed by atoms with van der Waals surface area (Å²) >= 11 is 0. The van der Waals surface area contributed by atoms with Gasteiger partial charge in [-0.2, -0.15) is 23.4 Å². The van der Waals surface area contributed by atoms with Gasteiger partial charge in [0.25, 0.3) is 5.89 Å². The molecule has 2 heterocycles. The summed E-state index contributed by atoms with van der Waals surface area (Å²) in [6.07, 6.45) is -4.80. The Hall–Kier alpha value is -4.24. The summed E-state index contributed by atoms with van der Waals surface area (Å²) in [7, 11) is 0. The standard InChI is InChI=1S/C25H21F3N4O5/c1-14(2)35-20-6-5-17(10-19(20)11-29)23-30-22(31-37-23)16-3-4-18-12-32(8-7-15(18)9-16)13-21(33)36-24(34)25(26,27)28/h3-6,9-10,14H,7-8,12-13H2,1-2H3. The molecule has 0 amide bonds. The zero-order chi connectivity index (χ0) is 26.7. The number of alkyl halides is 3. The third-order valence-electron chi connectivity index (χ3n) is 5.48. The maximum Gasteiger partial charge on any atom is 0.491 e. The summed E-state index contributed by atoms with van der Waals surface area (Å²) in [5, 5.41) is 13.5. The second-order valence-electron chi connectivity index (χ2n) is 8.62. The van der Waals surface area contributed by atoms with Crippen molar-refractivity contribution in [2.24, 2.45) is 0 Å². The first-order chi connectivity index (χ1) is 17.5. The highest BCUT2D eigenvalue weighted by Crippen LogP contribution is 2.29. The Bertz CT molecular complexity index is 1380. The fraction of sp³-hybridized carbons (Fsp3) is 0.320. The number of fused-ring (bicyclic) bond motifs is 1. The van der Waals surface area contributed by atoms with Crippen LogP contribution in [0.1, 0.15) is 30.5 Å². The molecule has 0 saturated heterocycles. The normalized spacial score (nSPS) is 13.6. The number of rotatable bonds is 6. The molecule has 9 nitrogen and oxygen atoms in total. The van der Waals surface area contributed by atoms with Gasteiger partial charge in [-0.3, -0.25) is 9.69 Å². The number of hydrogen-bond donors (Lipinski definition) is 0. The molecule has 12 heteroatoms. The van der Waals surface area contributed by atoms with Gasteiger partial charge in [-0.15, -0.1) is 0 Å². The zero-order valence-corrected chi connectivity index (χ0v) is 19.8. The largest absolute Gasteiger partial charge is 0.491 e. The first kappa shape index (κ1) is 25.8. The Balaban J connectivity index is 1.44. The quantitative estimate of drug-likeness (QED) is 0.354. The Kier molecular flexibility index (Phi) is 7.26. The van der Waals surface area contributed by atoms with E-state index in [9.17, 15) is 28.0 Å². The molecule has 0 unspecified atom stereocenters. The first-order valence-electron chi connectivity index (χ1n) is 11.2. The molecule has 1 aliphatic rings. The minimum absolute atomic E-state index is 0.0866. The van der Waals surface area contributed by atoms with Gasteiger partial charge >= 0.3 is 18.1 Å². The minimum Gasteiger partial charge on any atom is -0.490 e. The number of benzene rings is 2. The molecule has 1 aromatic heterocycles. The van der Waals surface area contributed by atoms with E-state index in [-0.39, 0.29) is 12.0 Å². The number of nitriles is 1. The molecule has 37 heavy (non-hydrogen) atoms. The second-order valence-corrected chi connectivity index (χ2v) is 8.62. The molecule has 0 bridgehead atoms. The van der Waals surface area contributed by atoms with Crippen LogP contribution in [0.25, 0.3) is 22.8 Å². The van der Waals surface area contributed by atoms with E-state index in [1.807, 2.05) is 26.0 Å². The zero-order valence-electron chi connectivity index (χ0n) is 19.8. The summed E-state index contributed by atoms with van der Waals surface area (Å²) in [5.41, 5.74) is 3.43. The van der Waals surface area contributed by atoms with Crippen LogP contribution in [0.3, 0.4) is 0 Å². The van der Waals surface area contributed by atoms with Crippen molar-refractivity contribution in [1.29, 1.82) is 5.26 Å². The average molecular weight is 514 g/mol. The monoisotopic (exact) mass is 514 g/mol. The van der Waals surface area contributed by atoms with E-state index in [2.05, 4.69) is 20.9 Å². The van der Waals surface area contributed by atoms with E-state index < -0.39 is 24.7 Å². The highest BCUT2D eigenvalue weighted by Gasteiger charge is 2.42. The summed E-state index contributed by atoms with van der Waals surface area (Å²) < 4.78 is 51.7. The van der Waals surface area contributed by atoms with Crippen molar-refractivity contribution in [2.45, 2.75) is 39.1 Å². The SMILES string of the molecule is CC(C)Oc1ccc(-c2nc(-c3ccc4c(c3)CCN(CC(=O)OC(=O)C(F)(F)F)C4)no2)cc1C#N. The molecular formula is C25H21F3N4O5. The smallest absolute Gasteiger partial charge is 0.490 e. The van der Waals surface area contributed by atoms with Crippen LogP contribution in [0.4, 0.5) is 13.2 Å². The summed E-state index contributed by atoms with van der Waals surface area (Å²) in [6.45, 7) is 3.96. The molecule has 3 aromatic rings. The van der Waals surface area contributed by atoms with Gasteiger partial charge in [0.2, 0.25) is 5.82 Å². The molecule has 0 saturated carbocycles. The van der Waals surface area contributed by atoms with Gasteiger partial charge in [-0.1, -0.05) is 17.3 Å². The number of halogens is 3. The molecule has 0 aliphatic carbocycles. The summed E-state index contributed by atoms with van der Waals surface area (Å²) in [5.74, 6) is -2.74. The average Bonchev–Trinajstić information content (AvgIpc) is 3.33. The predicted octanol–water partition coefficient (Wildman–Crippen LogP) is 4.05. The lowest BCUT2D eigenvalue weighted by Crippen LogP contribution is -2.38. The van der Waals surface area contributed by atoms with Crippen molar-refractivity contribution in [2.75, 3.05) is 13.1 Å². The van der Waals surface area contributed by atoms with E-state index in [0.29, 0.717) is 47.8 Å². The van der Waals surface area contributed by atoms with Crippen LogP contribution >= 0.6 is 0 Å². The minimum atomic E-state index is -5.22. The van der Waals surface area contributed by atoms with Gasteiger partial charge in [-0.25, -0.2) is 4.79 Å². The number of carbonyl (C=O) groups is 2. The number of esters is 2. The number of nitrogens with zero attached hydrogens (tertiary/aromatic N) is 4. The van der Waals surface area contributed by atoms with Crippen molar-refractivity contribution in [1.82, 2.24) is 15.0 Å². The molecule has 0 N–H and O–H groups in total. The molecule has 0 spiro atoms. The fourth-order valence-electron chi connectivity index (χ4n) is 3.83. The molecule has 192 valence electrons. The molecule has 2 aromatic carbocycles. The van der Waals surface area contributed by atoms with Gasteiger partial charge in [0.15, 0.2) is 0 Å². The van der Waals surface area contributed by atoms with E-state index in [0.717, 1.165) is 11.1 Å². The highest BCUT2D eigenvalue weighted by atomic mass is 19.4. The third kappa shape index (κ3) is 6.13. The van der Waals surface area contributed by atoms with Crippen molar-refractivity contribution in [3.8, 4) is 34.7 Å². The number of carbonyl (C=O) groups excluding carboxylic acids is 2. The van der Waals surface area contributed by atoms with E-state index in [4.69, 9.17) is 9.26 Å². The number of hydrogen-bond acceptors (Lipinski definition) is 9. The Labute approximate surface area is 209 Å². The maximum absolute atomic E-state index is 12.3. The predicted molar refractivity (Wildman–Crippen MR) is 122 cm³/mol. The van der Waals surface area contributed by atoms with Crippen molar-refractivity contribution >= 4 is 11.9 Å². The fourth-order valence-corrected chi connectivity index (χ4v) is 3.83. The maximum atomic E-state index is 12.3. The van der Waals surface area contributed by atoms with Crippen LogP contribution in [0, 0.1) is 11.3 Å². The van der Waals surface area contributed by atoms with Gasteiger partial charge in [0.05, 0.1) is 18.2 Å². The van der Waals surface area contributed by atoms with Crippen LogP contribution in [0.2, 0.25) is 0 Å². The number of ether oxygens (including phenoxy) is 2. The summed E-state index contributed by atoms with van der Waals surface area (Å²) in [6, 6.07) is 12.6. The topological polar surface area (TPSA) is 119 Å². The molecule has 0 radical (unpaired) electrons. The van der Waals surface area contributed by atoms with Crippen molar-refractivity contribution < 1.29 is 36.8 Å². The van der Waals surface area contributed by atoms with Gasteiger partial charge in [0, 0.05) is 24.2 Å². The van der Waals surface area contributed by atoms with Gasteiger partial charge < -0.3 is 14.0 Å². The Morgan fingerprint density at radius 3 is 2.62 bits per heavy atom. The van der Waals surface area contributed by atoms with Crippen LogP contribution in [0.5, 0.6) is 5.75 Å². The van der Waals surface area contributed by atoms with Crippen LogP contribution in [0.15, 0.2) is 40.9 Å². The first-order valence-corrected chi connectivity index (χ1v) is 11.2. The van der Waals surface area contributed by atoms with Gasteiger partial charge in [-0.05, 0) is 55.7 Å². The second kappa shape index (κ2) is 10.4. The van der Waals surface area contributed by atoms with E-state index in [1.165, 1.54) is 0 Å². The molecule has 1 aliphatic heterocycles. The Morgan fingerprint density at radius 1 is 1.16 bits per heavy atom. The lowest BCUT2D eigenvalue weighted by molar-refractivity contribution is -0.202. The number of aromatic nitrogens is 2. The van der Waals surface area contributed by atoms with E-state index in [1.54, 1.807) is 29.2 Å². The van der Waals surface area contributed by atoms with Crippen molar-refractivity contribution in [3.05, 3.63) is 53.1 Å². The van der Waals surface area contributed by atoms with Gasteiger partial charge in [0.1, 0.15) is 11.8 Å². The summed E-state index contributed by atoms with van der Waals surface area (Å²) in [4.78, 5) is 28.6. The van der Waals surface area contributed by atoms with Crippen LogP contribution in [-0.2, 0) is 27.3 Å². The van der Waals surface area contributed by atoms with Crippen LogP contribution in [-0.4, -0.2) is 52.3 Å². The molecule has 0 atom stereocenters. The molecular weight excluding hydrogens is 493 g/mol. The lowest BCUT2D eigenvalue weighted by Gasteiger charge is -2.27. The molecule has 4 rings (SSSR count).